The van der Waals surface area contributed by atoms with Crippen molar-refractivity contribution in [1.29, 1.82) is 0 Å². The third-order valence-corrected chi connectivity index (χ3v) is 6.66. The number of benzene rings is 1. The van der Waals surface area contributed by atoms with Crippen LogP contribution in [0.5, 0.6) is 0 Å². The zero-order valence-electron chi connectivity index (χ0n) is 21.4. The van der Waals surface area contributed by atoms with E-state index in [4.69, 9.17) is 33.2 Å². The van der Waals surface area contributed by atoms with Crippen molar-refractivity contribution in [3.05, 3.63) is 34.4 Å². The molecule has 0 bridgehead atoms. The molecule has 1 aliphatic heterocycles. The van der Waals surface area contributed by atoms with E-state index in [1.807, 2.05) is 20.8 Å². The first kappa shape index (κ1) is 26.3. The smallest absolute Gasteiger partial charge is 0.407 e. The highest BCUT2D eigenvalue weighted by Crippen LogP contribution is 2.40. The SMILES string of the molecule is CC(C)(C)Nc1ncc2nc(Nc3cc(Cl)cc(Cl)c3)n(C3CCN(C(=O)O)C(C(C)(C)C)C3)c2n1. The molecule has 1 fully saturated rings. The predicted molar refractivity (Wildman–Crippen MR) is 145 cm³/mol. The molecule has 4 rings (SSSR count). The minimum atomic E-state index is -0.894. The van der Waals surface area contributed by atoms with Crippen LogP contribution in [-0.2, 0) is 0 Å². The van der Waals surface area contributed by atoms with Gasteiger partial charge in [-0.05, 0) is 57.2 Å². The second-order valence-corrected chi connectivity index (χ2v) is 12.3. The molecule has 2 aromatic heterocycles. The average Bonchev–Trinajstić information content (AvgIpc) is 3.07. The zero-order chi connectivity index (χ0) is 26.4. The number of nitrogens with one attached hydrogen (secondary N) is 2. The minimum absolute atomic E-state index is 0.0376. The number of aromatic nitrogens is 4. The van der Waals surface area contributed by atoms with Gasteiger partial charge in [-0.2, -0.15) is 4.98 Å². The van der Waals surface area contributed by atoms with Gasteiger partial charge in [-0.1, -0.05) is 44.0 Å². The van der Waals surface area contributed by atoms with E-state index in [0.29, 0.717) is 58.2 Å². The molecular formula is C25H33Cl2N7O2. The molecule has 3 heterocycles. The largest absolute Gasteiger partial charge is 0.465 e. The fourth-order valence-electron chi connectivity index (χ4n) is 4.71. The van der Waals surface area contributed by atoms with Crippen molar-refractivity contribution in [1.82, 2.24) is 24.4 Å². The number of amides is 1. The van der Waals surface area contributed by atoms with Crippen molar-refractivity contribution in [2.45, 2.75) is 72.0 Å². The summed E-state index contributed by atoms with van der Waals surface area (Å²) < 4.78 is 2.07. The van der Waals surface area contributed by atoms with Gasteiger partial charge in [0.1, 0.15) is 5.52 Å². The van der Waals surface area contributed by atoms with Gasteiger partial charge in [-0.15, -0.1) is 0 Å². The van der Waals surface area contributed by atoms with Crippen molar-refractivity contribution >= 4 is 58.0 Å². The first-order valence-corrected chi connectivity index (χ1v) is 12.7. The maximum Gasteiger partial charge on any atom is 0.407 e. The number of rotatable bonds is 4. The van der Waals surface area contributed by atoms with E-state index in [9.17, 15) is 9.90 Å². The van der Waals surface area contributed by atoms with Gasteiger partial charge in [-0.3, -0.25) is 4.57 Å². The second-order valence-electron chi connectivity index (χ2n) is 11.4. The Hall–Kier alpha value is -2.78. The summed E-state index contributed by atoms with van der Waals surface area (Å²) in [6.07, 6.45) is 2.06. The third kappa shape index (κ3) is 5.78. The Labute approximate surface area is 221 Å². The van der Waals surface area contributed by atoms with Gasteiger partial charge in [0.2, 0.25) is 11.9 Å². The molecule has 0 aliphatic carbocycles. The number of carbonyl (C=O) groups is 1. The number of hydrogen-bond donors (Lipinski definition) is 3. The number of fused-ring (bicyclic) bond motifs is 1. The summed E-state index contributed by atoms with van der Waals surface area (Å²) in [4.78, 5) is 27.7. The van der Waals surface area contributed by atoms with Crippen LogP contribution in [0.2, 0.25) is 10.0 Å². The van der Waals surface area contributed by atoms with Gasteiger partial charge in [0.15, 0.2) is 5.65 Å². The number of halogens is 2. The van der Waals surface area contributed by atoms with Crippen LogP contribution in [0.3, 0.4) is 0 Å². The summed E-state index contributed by atoms with van der Waals surface area (Å²) in [6, 6.07) is 5.02. The summed E-state index contributed by atoms with van der Waals surface area (Å²) in [5.74, 6) is 1.08. The van der Waals surface area contributed by atoms with Crippen LogP contribution in [0, 0.1) is 5.41 Å². The molecule has 1 saturated heterocycles. The highest BCUT2D eigenvalue weighted by Gasteiger charge is 2.40. The van der Waals surface area contributed by atoms with Gasteiger partial charge in [0.25, 0.3) is 0 Å². The maximum atomic E-state index is 12.0. The monoisotopic (exact) mass is 533 g/mol. The molecule has 3 aromatic rings. The van der Waals surface area contributed by atoms with E-state index < -0.39 is 6.09 Å². The standard InChI is InChI=1S/C25H33Cl2N7O2/c1-24(2,3)19-12-17(7-8-33(19)23(35)36)34-20-18(13-28-21(31-20)32-25(4,5)6)30-22(34)29-16-10-14(26)9-15(27)11-16/h9-11,13,17,19H,7-8,12H2,1-6H3,(H,29,30)(H,35,36)(H,28,31,32). The topological polar surface area (TPSA) is 108 Å². The average molecular weight is 534 g/mol. The summed E-state index contributed by atoms with van der Waals surface area (Å²) in [7, 11) is 0. The van der Waals surface area contributed by atoms with E-state index in [-0.39, 0.29) is 23.0 Å². The Morgan fingerprint density at radius 2 is 1.75 bits per heavy atom. The zero-order valence-corrected chi connectivity index (χ0v) is 22.9. The number of carboxylic acid groups (broad SMARTS) is 1. The Balaban J connectivity index is 1.82. The van der Waals surface area contributed by atoms with E-state index in [2.05, 4.69) is 41.0 Å². The highest BCUT2D eigenvalue weighted by atomic mass is 35.5. The molecule has 9 nitrogen and oxygen atoms in total. The van der Waals surface area contributed by atoms with E-state index in [1.165, 1.54) is 0 Å². The lowest BCUT2D eigenvalue weighted by Gasteiger charge is -2.45. The number of imidazole rings is 1. The van der Waals surface area contributed by atoms with Crippen molar-refractivity contribution in [3.63, 3.8) is 0 Å². The molecule has 2 atom stereocenters. The molecule has 0 spiro atoms. The maximum absolute atomic E-state index is 12.0. The van der Waals surface area contributed by atoms with E-state index in [1.54, 1.807) is 29.3 Å². The van der Waals surface area contributed by atoms with Crippen LogP contribution in [0.1, 0.15) is 60.4 Å². The minimum Gasteiger partial charge on any atom is -0.465 e. The molecule has 11 heteroatoms. The summed E-state index contributed by atoms with van der Waals surface area (Å²) in [5, 5.41) is 17.5. The lowest BCUT2D eigenvalue weighted by atomic mass is 9.79. The van der Waals surface area contributed by atoms with Gasteiger partial charge < -0.3 is 20.6 Å². The van der Waals surface area contributed by atoms with E-state index in [0.717, 1.165) is 0 Å². The predicted octanol–water partition coefficient (Wildman–Crippen LogP) is 6.82. The Morgan fingerprint density at radius 1 is 1.08 bits per heavy atom. The number of anilines is 3. The van der Waals surface area contributed by atoms with Crippen LogP contribution >= 0.6 is 23.2 Å². The Morgan fingerprint density at radius 3 is 2.33 bits per heavy atom. The number of hydrogen-bond acceptors (Lipinski definition) is 6. The molecule has 36 heavy (non-hydrogen) atoms. The molecular weight excluding hydrogens is 501 g/mol. The lowest BCUT2D eigenvalue weighted by molar-refractivity contribution is 0.0437. The first-order chi connectivity index (χ1) is 16.7. The van der Waals surface area contributed by atoms with Crippen LogP contribution in [0.25, 0.3) is 11.2 Å². The number of likely N-dealkylation sites (tertiary alicyclic amines) is 1. The molecule has 0 radical (unpaired) electrons. The van der Waals surface area contributed by atoms with Crippen LogP contribution in [-0.4, -0.2) is 53.7 Å². The first-order valence-electron chi connectivity index (χ1n) is 12.0. The summed E-state index contributed by atoms with van der Waals surface area (Å²) in [5.41, 5.74) is 1.55. The normalized spacial score (nSPS) is 18.9. The Bertz CT molecular complexity index is 1260. The van der Waals surface area contributed by atoms with Crippen molar-refractivity contribution in [2.75, 3.05) is 17.2 Å². The molecule has 1 amide bonds. The molecule has 1 aromatic carbocycles. The molecule has 2 unspecified atom stereocenters. The van der Waals surface area contributed by atoms with E-state index >= 15 is 0 Å². The second kappa shape index (κ2) is 9.59. The number of nitrogens with zero attached hydrogens (tertiary/aromatic N) is 5. The van der Waals surface area contributed by atoms with Crippen molar-refractivity contribution in [3.8, 4) is 0 Å². The van der Waals surface area contributed by atoms with Gasteiger partial charge in [0, 0.05) is 39.9 Å². The van der Waals surface area contributed by atoms with Gasteiger partial charge >= 0.3 is 6.09 Å². The fraction of sp³-hybridized carbons (Fsp3) is 0.520. The molecule has 1 aliphatic rings. The Kier molecular flexibility index (Phi) is 7.00. The third-order valence-electron chi connectivity index (χ3n) is 6.22. The lowest BCUT2D eigenvalue weighted by Crippen LogP contribution is -2.51. The van der Waals surface area contributed by atoms with Crippen LogP contribution in [0.15, 0.2) is 24.4 Å². The van der Waals surface area contributed by atoms with Crippen molar-refractivity contribution < 1.29 is 9.90 Å². The highest BCUT2D eigenvalue weighted by molar-refractivity contribution is 6.35. The summed E-state index contributed by atoms with van der Waals surface area (Å²) in [6.45, 7) is 12.8. The molecule has 194 valence electrons. The molecule has 0 saturated carbocycles. The van der Waals surface area contributed by atoms with Crippen LogP contribution < -0.4 is 10.6 Å². The number of piperidine rings is 1. The van der Waals surface area contributed by atoms with Gasteiger partial charge in [0.05, 0.1) is 6.20 Å². The van der Waals surface area contributed by atoms with Crippen LogP contribution in [0.4, 0.5) is 22.4 Å². The molecule has 3 N–H and O–H groups in total. The fourth-order valence-corrected chi connectivity index (χ4v) is 5.23. The summed E-state index contributed by atoms with van der Waals surface area (Å²) >= 11 is 12.5. The quantitative estimate of drug-likeness (QED) is 0.337. The van der Waals surface area contributed by atoms with Gasteiger partial charge in [-0.25, -0.2) is 14.8 Å². The van der Waals surface area contributed by atoms with Crippen molar-refractivity contribution in [2.24, 2.45) is 5.41 Å².